The molecule has 0 spiro atoms. The molecule has 1 aliphatic rings. The Morgan fingerprint density at radius 2 is 1.66 bits per heavy atom. The van der Waals surface area contributed by atoms with E-state index in [4.69, 9.17) is 14.5 Å². The maximum Gasteiger partial charge on any atom is 0.415 e. The zero-order valence-corrected chi connectivity index (χ0v) is 21.9. The van der Waals surface area contributed by atoms with E-state index in [1.165, 1.54) is 0 Å². The standard InChI is InChI=1S/C24H39N3O4S/c1-16(2)10-15-27(22(29)31-24(7,8)9)20-17(3)25-19(32-20)18-11-13-26(14-12-18)21(28)30-23(4,5)6/h10,18H,11-15H2,1-9H3. The first-order chi connectivity index (χ1) is 14.7. The number of carbonyl (C=O) groups is 2. The van der Waals surface area contributed by atoms with Gasteiger partial charge in [0.2, 0.25) is 0 Å². The number of aromatic nitrogens is 1. The number of hydrogen-bond acceptors (Lipinski definition) is 6. The molecule has 7 nitrogen and oxygen atoms in total. The van der Waals surface area contributed by atoms with Crippen LogP contribution >= 0.6 is 11.3 Å². The molecule has 180 valence electrons. The van der Waals surface area contributed by atoms with Gasteiger partial charge in [0.05, 0.1) is 10.7 Å². The summed E-state index contributed by atoms with van der Waals surface area (Å²) in [5.74, 6) is 0.259. The van der Waals surface area contributed by atoms with Gasteiger partial charge in [0.25, 0.3) is 0 Å². The van der Waals surface area contributed by atoms with Crippen molar-refractivity contribution in [3.05, 3.63) is 22.4 Å². The normalized spacial score (nSPS) is 15.3. The van der Waals surface area contributed by atoms with Gasteiger partial charge in [-0.3, -0.25) is 4.90 Å². The van der Waals surface area contributed by atoms with Crippen LogP contribution in [0.2, 0.25) is 0 Å². The minimum atomic E-state index is -0.573. The lowest BCUT2D eigenvalue weighted by molar-refractivity contribution is 0.0204. The number of amides is 2. The summed E-state index contributed by atoms with van der Waals surface area (Å²) in [7, 11) is 0. The van der Waals surface area contributed by atoms with Crippen molar-refractivity contribution in [2.45, 2.75) is 92.3 Å². The second-order valence-corrected chi connectivity index (χ2v) is 11.6. The molecule has 0 atom stereocenters. The number of likely N-dealkylation sites (tertiary alicyclic amines) is 1. The molecule has 0 unspecified atom stereocenters. The minimum Gasteiger partial charge on any atom is -0.444 e. The predicted molar refractivity (Wildman–Crippen MR) is 130 cm³/mol. The number of piperidine rings is 1. The topological polar surface area (TPSA) is 72.0 Å². The molecule has 32 heavy (non-hydrogen) atoms. The lowest BCUT2D eigenvalue weighted by atomic mass is 9.98. The van der Waals surface area contributed by atoms with Crippen LogP contribution in [0.25, 0.3) is 0 Å². The van der Waals surface area contributed by atoms with Crippen molar-refractivity contribution in [3.63, 3.8) is 0 Å². The Morgan fingerprint density at radius 1 is 1.09 bits per heavy atom. The molecule has 0 aromatic carbocycles. The first-order valence-electron chi connectivity index (χ1n) is 11.3. The number of carbonyl (C=O) groups excluding carboxylic acids is 2. The number of anilines is 1. The second kappa shape index (κ2) is 10.2. The van der Waals surface area contributed by atoms with Crippen LogP contribution in [0.15, 0.2) is 11.6 Å². The van der Waals surface area contributed by atoms with Crippen LogP contribution in [0.1, 0.15) is 84.9 Å². The minimum absolute atomic E-state index is 0.259. The van der Waals surface area contributed by atoms with Crippen LogP contribution in [0.5, 0.6) is 0 Å². The van der Waals surface area contributed by atoms with E-state index >= 15 is 0 Å². The molecule has 1 saturated heterocycles. The van der Waals surface area contributed by atoms with Crippen LogP contribution in [0.4, 0.5) is 14.6 Å². The fourth-order valence-corrected chi connectivity index (χ4v) is 4.54. The van der Waals surface area contributed by atoms with E-state index in [0.29, 0.717) is 19.6 Å². The van der Waals surface area contributed by atoms with Gasteiger partial charge in [-0.05, 0) is 75.2 Å². The molecule has 0 radical (unpaired) electrons. The summed E-state index contributed by atoms with van der Waals surface area (Å²) in [5, 5.41) is 1.83. The molecule has 1 fully saturated rings. The van der Waals surface area contributed by atoms with Gasteiger partial charge in [0, 0.05) is 25.6 Å². The average molecular weight is 466 g/mol. The lowest BCUT2D eigenvalue weighted by Crippen LogP contribution is -2.41. The molecule has 0 N–H and O–H groups in total. The van der Waals surface area contributed by atoms with Crippen molar-refractivity contribution >= 4 is 28.5 Å². The highest BCUT2D eigenvalue weighted by molar-refractivity contribution is 7.16. The number of hydrogen-bond donors (Lipinski definition) is 0. The van der Waals surface area contributed by atoms with Crippen molar-refractivity contribution in [1.29, 1.82) is 0 Å². The molecule has 1 aromatic rings. The smallest absolute Gasteiger partial charge is 0.415 e. The van der Waals surface area contributed by atoms with E-state index in [0.717, 1.165) is 34.1 Å². The first kappa shape index (κ1) is 26.2. The summed E-state index contributed by atoms with van der Waals surface area (Å²) in [4.78, 5) is 33.5. The highest BCUT2D eigenvalue weighted by Crippen LogP contribution is 2.37. The van der Waals surface area contributed by atoms with E-state index in [-0.39, 0.29) is 18.1 Å². The number of allylic oxidation sites excluding steroid dienone is 1. The molecule has 2 rings (SSSR count). The van der Waals surface area contributed by atoms with E-state index in [1.807, 2.05) is 68.4 Å². The monoisotopic (exact) mass is 465 g/mol. The van der Waals surface area contributed by atoms with E-state index < -0.39 is 11.2 Å². The highest BCUT2D eigenvalue weighted by Gasteiger charge is 2.31. The molecule has 1 aromatic heterocycles. The zero-order valence-electron chi connectivity index (χ0n) is 21.1. The maximum absolute atomic E-state index is 12.9. The number of aryl methyl sites for hydroxylation is 1. The predicted octanol–water partition coefficient (Wildman–Crippen LogP) is 6.27. The van der Waals surface area contributed by atoms with Gasteiger partial charge in [-0.15, -0.1) is 11.3 Å². The van der Waals surface area contributed by atoms with Gasteiger partial charge in [0.1, 0.15) is 16.2 Å². The van der Waals surface area contributed by atoms with Crippen molar-refractivity contribution < 1.29 is 19.1 Å². The summed E-state index contributed by atoms with van der Waals surface area (Å²) in [6.07, 6.45) is 3.04. The van der Waals surface area contributed by atoms with E-state index in [9.17, 15) is 9.59 Å². The SMILES string of the molecule is CC(C)=CCN(C(=O)OC(C)(C)C)c1sc(C2CCN(C(=O)OC(C)(C)C)CC2)nc1C. The maximum atomic E-state index is 12.9. The molecular formula is C24H39N3O4S. The molecular weight excluding hydrogens is 426 g/mol. The van der Waals surface area contributed by atoms with Crippen molar-refractivity contribution in [1.82, 2.24) is 9.88 Å². The quantitative estimate of drug-likeness (QED) is 0.490. The highest BCUT2D eigenvalue weighted by atomic mass is 32.1. The third-order valence-electron chi connectivity index (χ3n) is 4.83. The van der Waals surface area contributed by atoms with E-state index in [2.05, 4.69) is 0 Å². The summed E-state index contributed by atoms with van der Waals surface area (Å²) in [6.45, 7) is 18.9. The van der Waals surface area contributed by atoms with E-state index in [1.54, 1.807) is 21.1 Å². The molecule has 0 saturated carbocycles. The Bertz CT molecular complexity index is 836. The third-order valence-corrected chi connectivity index (χ3v) is 6.17. The molecule has 2 heterocycles. The number of nitrogens with zero attached hydrogens (tertiary/aromatic N) is 3. The van der Waals surface area contributed by atoms with Crippen LogP contribution in [-0.2, 0) is 9.47 Å². The average Bonchev–Trinajstić information content (AvgIpc) is 3.00. The Kier molecular flexibility index (Phi) is 8.37. The number of ether oxygens (including phenoxy) is 2. The molecule has 0 bridgehead atoms. The summed E-state index contributed by atoms with van der Waals surface area (Å²) < 4.78 is 11.2. The summed E-state index contributed by atoms with van der Waals surface area (Å²) >= 11 is 1.55. The Labute approximate surface area is 196 Å². The van der Waals surface area contributed by atoms with Gasteiger partial charge < -0.3 is 14.4 Å². The Balaban J connectivity index is 2.15. The van der Waals surface area contributed by atoms with Gasteiger partial charge in [-0.2, -0.15) is 0 Å². The Hall–Kier alpha value is -2.09. The number of rotatable bonds is 4. The van der Waals surface area contributed by atoms with Crippen LogP contribution in [0, 0.1) is 6.92 Å². The van der Waals surface area contributed by atoms with Crippen molar-refractivity contribution in [2.75, 3.05) is 24.5 Å². The van der Waals surface area contributed by atoms with Gasteiger partial charge in [-0.25, -0.2) is 14.6 Å². The fourth-order valence-electron chi connectivity index (χ4n) is 3.30. The zero-order chi connectivity index (χ0) is 24.3. The first-order valence-corrected chi connectivity index (χ1v) is 12.1. The van der Waals surface area contributed by atoms with Gasteiger partial charge in [0.15, 0.2) is 0 Å². The third kappa shape index (κ3) is 7.80. The van der Waals surface area contributed by atoms with Crippen LogP contribution < -0.4 is 4.90 Å². The van der Waals surface area contributed by atoms with Crippen molar-refractivity contribution in [2.24, 2.45) is 0 Å². The fraction of sp³-hybridized carbons (Fsp3) is 0.708. The summed E-state index contributed by atoms with van der Waals surface area (Å²) in [6, 6.07) is 0. The largest absolute Gasteiger partial charge is 0.444 e. The van der Waals surface area contributed by atoms with Crippen LogP contribution in [0.3, 0.4) is 0 Å². The molecule has 0 aliphatic carbocycles. The Morgan fingerprint density at radius 3 is 2.16 bits per heavy atom. The molecule has 2 amide bonds. The van der Waals surface area contributed by atoms with Crippen LogP contribution in [-0.4, -0.2) is 52.9 Å². The van der Waals surface area contributed by atoms with Gasteiger partial charge in [-0.1, -0.05) is 11.6 Å². The number of thiazole rings is 1. The lowest BCUT2D eigenvalue weighted by Gasteiger charge is -2.32. The molecule has 8 heteroatoms. The molecule has 1 aliphatic heterocycles. The van der Waals surface area contributed by atoms with Gasteiger partial charge >= 0.3 is 12.2 Å². The second-order valence-electron chi connectivity index (χ2n) is 10.6. The van der Waals surface area contributed by atoms with Crippen molar-refractivity contribution in [3.8, 4) is 0 Å². The summed E-state index contributed by atoms with van der Waals surface area (Å²) in [5.41, 5.74) is 0.894.